The van der Waals surface area contributed by atoms with Gasteiger partial charge in [-0.25, -0.2) is 0 Å². The smallest absolute Gasteiger partial charge is 0.143 e. The molecule has 8 aromatic rings. The fourth-order valence-electron chi connectivity index (χ4n) is 4.91. The van der Waals surface area contributed by atoms with Gasteiger partial charge in [0.05, 0.1) is 31.5 Å². The number of hydrogen-bond acceptors (Lipinski definition) is 1. The number of fused-ring (bicyclic) bond motifs is 5. The van der Waals surface area contributed by atoms with Gasteiger partial charge >= 0.3 is 0 Å². The van der Waals surface area contributed by atoms with Crippen LogP contribution in [0.3, 0.4) is 0 Å². The number of para-hydroxylation sites is 1. The maximum atomic E-state index is 9.66. The maximum absolute atomic E-state index is 9.66. The van der Waals surface area contributed by atoms with Crippen molar-refractivity contribution < 1.29 is 35.9 Å². The zero-order chi connectivity index (χ0) is 46.6. The molecule has 1 heterocycles. The van der Waals surface area contributed by atoms with E-state index in [-0.39, 0.29) is 10.9 Å². The molecule has 7 aromatic carbocycles. The third-order valence-electron chi connectivity index (χ3n) is 6.56. The van der Waals surface area contributed by atoms with Gasteiger partial charge in [0.2, 0.25) is 0 Å². The maximum Gasteiger partial charge on any atom is 0.143 e. The minimum atomic E-state index is -0.885. The van der Waals surface area contributed by atoms with Crippen molar-refractivity contribution in [3.63, 3.8) is 0 Å². The molecule has 0 saturated heterocycles. The van der Waals surface area contributed by atoms with Gasteiger partial charge in [-0.15, -0.1) is 0 Å². The van der Waals surface area contributed by atoms with Crippen molar-refractivity contribution in [3.05, 3.63) is 145 Å². The van der Waals surface area contributed by atoms with Crippen molar-refractivity contribution >= 4 is 43.5 Å². The lowest BCUT2D eigenvalue weighted by molar-refractivity contribution is 0.670. The summed E-state index contributed by atoms with van der Waals surface area (Å²) < 4.78 is 209. The van der Waals surface area contributed by atoms with Gasteiger partial charge in [0.25, 0.3) is 0 Å². The van der Waals surface area contributed by atoms with Crippen LogP contribution in [-0.4, -0.2) is 0 Å². The first-order chi connectivity index (χ1) is 29.3. The first-order valence-corrected chi connectivity index (χ1v) is 11.9. The van der Waals surface area contributed by atoms with E-state index in [4.69, 9.17) is 27.7 Å². The zero-order valence-corrected chi connectivity index (χ0v) is 20.4. The molecule has 0 unspecified atom stereocenters. The highest BCUT2D eigenvalue weighted by atomic mass is 16.3. The lowest BCUT2D eigenvalue weighted by atomic mass is 9.84. The minimum absolute atomic E-state index is 0.162. The molecule has 0 radical (unpaired) electrons. The van der Waals surface area contributed by atoms with Crippen LogP contribution in [0.1, 0.15) is 37.1 Å². The van der Waals surface area contributed by atoms with Crippen LogP contribution in [-0.2, 0) is 0 Å². The molecule has 0 fully saturated rings. The van der Waals surface area contributed by atoms with Gasteiger partial charge in [-0.1, -0.05) is 127 Å². The molecule has 1 nitrogen and oxygen atoms in total. The largest absolute Gasteiger partial charge is 0.455 e. The molecular weight excluding hydrogens is 484 g/mol. The third-order valence-corrected chi connectivity index (χ3v) is 6.56. The summed E-state index contributed by atoms with van der Waals surface area (Å²) in [6, 6.07) is -18.6. The van der Waals surface area contributed by atoms with Crippen molar-refractivity contribution in [1.29, 1.82) is 0 Å². The van der Waals surface area contributed by atoms with Crippen molar-refractivity contribution in [2.24, 2.45) is 0 Å². The Hall–Kier alpha value is -5.14. The van der Waals surface area contributed by atoms with E-state index >= 15 is 0 Å². The summed E-state index contributed by atoms with van der Waals surface area (Å²) in [5.41, 5.74) is -4.73. The number of hydrogen-bond donors (Lipinski definition) is 0. The van der Waals surface area contributed by atoms with E-state index in [2.05, 4.69) is 0 Å². The average molecular weight is 534 g/mol. The summed E-state index contributed by atoms with van der Waals surface area (Å²) in [6.07, 6.45) is 0. The van der Waals surface area contributed by atoms with Gasteiger partial charge in [0.15, 0.2) is 0 Å². The van der Waals surface area contributed by atoms with Gasteiger partial charge in [-0.2, -0.15) is 0 Å². The van der Waals surface area contributed by atoms with E-state index < -0.39 is 210 Å². The Bertz CT molecular complexity index is 3360. The molecule has 0 aliphatic carbocycles. The molecule has 0 spiro atoms. The van der Waals surface area contributed by atoms with Crippen LogP contribution in [0.15, 0.2) is 143 Å². The van der Waals surface area contributed by atoms with E-state index in [0.29, 0.717) is 0 Å². The van der Waals surface area contributed by atoms with Crippen LogP contribution < -0.4 is 0 Å². The van der Waals surface area contributed by atoms with E-state index in [1.165, 1.54) is 6.92 Å². The molecule has 0 saturated carbocycles. The van der Waals surface area contributed by atoms with Gasteiger partial charge < -0.3 is 4.42 Å². The Kier molecular flexibility index (Phi) is 2.13. The van der Waals surface area contributed by atoms with Gasteiger partial charge in [-0.3, -0.25) is 0 Å². The highest BCUT2D eigenvalue weighted by Crippen LogP contribution is 2.46. The minimum Gasteiger partial charge on any atom is -0.455 e. The Balaban J connectivity index is 1.70. The van der Waals surface area contributed by atoms with E-state index in [9.17, 15) is 8.22 Å². The SMILES string of the molecule is [2H]c1c([2H])c([2H])c(-c2c([2H])c([2H])c([2H])c3c2oc2c([2H])c(-c4c5c([2H])c([2H])c([2H])c([2H])c5c(-c5c([2H])c([2H])c([2H])c([2H])c5[2H])c5c(C)c([2H])c([2H])c([2H])c45)c([2H])c([2H])c23)c([2H])c1[2H]. The quantitative estimate of drug-likeness (QED) is 0.206. The Morgan fingerprint density at radius 1 is 0.475 bits per heavy atom. The van der Waals surface area contributed by atoms with E-state index in [1.807, 2.05) is 0 Å². The monoisotopic (exact) mass is 533 g/mol. The van der Waals surface area contributed by atoms with Crippen molar-refractivity contribution in [3.8, 4) is 33.4 Å². The molecule has 0 aliphatic rings. The molecule has 0 atom stereocenters. The number of furan rings is 1. The standard InChI is InChI=1S/C39H26O/c1-25-12-10-21-34-36(25)38(27-15-6-3-7-16-27)32-18-9-8-17-31(32)37(34)28-22-23-30-33-20-11-19-29(26-13-4-2-5-14-26)39(33)40-35(30)24-28/h2-24H,1H3/i2D,3D,4D,5D,6D,7D,8D,9D,10D,11D,12D,13D,14D,15D,16D,17D,18D,19D,20D,21D,22D,23D,24D. The van der Waals surface area contributed by atoms with Crippen LogP contribution in [0.25, 0.3) is 76.9 Å². The van der Waals surface area contributed by atoms with Gasteiger partial charge in [-0.05, 0) is 73.9 Å². The van der Waals surface area contributed by atoms with Crippen LogP contribution in [0.2, 0.25) is 0 Å². The molecule has 188 valence electrons. The Morgan fingerprint density at radius 2 is 1.10 bits per heavy atom. The molecule has 40 heavy (non-hydrogen) atoms. The van der Waals surface area contributed by atoms with Gasteiger partial charge in [0, 0.05) is 16.3 Å². The molecule has 1 heteroatoms. The van der Waals surface area contributed by atoms with Crippen LogP contribution in [0.5, 0.6) is 0 Å². The molecule has 0 aliphatic heterocycles. The predicted octanol–water partition coefficient (Wildman–Crippen LogP) is 11.2. The molecule has 1 aromatic heterocycles. The molecular formula is C39H26O. The summed E-state index contributed by atoms with van der Waals surface area (Å²) >= 11 is 0. The first kappa shape index (κ1) is 9.50. The Labute approximate surface area is 265 Å². The van der Waals surface area contributed by atoms with Gasteiger partial charge in [0.1, 0.15) is 11.2 Å². The van der Waals surface area contributed by atoms with Crippen molar-refractivity contribution in [1.82, 2.24) is 0 Å². The van der Waals surface area contributed by atoms with Crippen LogP contribution in [0, 0.1) is 6.92 Å². The second-order valence-electron chi connectivity index (χ2n) is 8.76. The summed E-state index contributed by atoms with van der Waals surface area (Å²) in [7, 11) is 0. The normalized spacial score (nSPS) is 19.7. The Morgan fingerprint density at radius 3 is 1.88 bits per heavy atom. The fraction of sp³-hybridized carbons (Fsp3) is 0.0256. The van der Waals surface area contributed by atoms with Crippen LogP contribution >= 0.6 is 0 Å². The lowest BCUT2D eigenvalue weighted by Crippen LogP contribution is -1.92. The second kappa shape index (κ2) is 8.97. The van der Waals surface area contributed by atoms with Crippen molar-refractivity contribution in [2.75, 3.05) is 0 Å². The highest BCUT2D eigenvalue weighted by molar-refractivity contribution is 6.22. The number of benzene rings is 7. The summed E-state index contributed by atoms with van der Waals surface area (Å²) in [5.74, 6) is 0. The van der Waals surface area contributed by atoms with Crippen LogP contribution in [0.4, 0.5) is 0 Å². The highest BCUT2D eigenvalue weighted by Gasteiger charge is 2.19. The van der Waals surface area contributed by atoms with E-state index in [1.54, 1.807) is 0 Å². The third kappa shape index (κ3) is 3.41. The predicted molar refractivity (Wildman–Crippen MR) is 170 cm³/mol. The lowest BCUT2D eigenvalue weighted by Gasteiger charge is -2.19. The molecule has 0 N–H and O–H groups in total. The molecule has 8 rings (SSSR count). The van der Waals surface area contributed by atoms with Crippen molar-refractivity contribution in [2.45, 2.75) is 6.92 Å². The zero-order valence-electron chi connectivity index (χ0n) is 43.4. The average Bonchev–Trinajstić information content (AvgIpc) is 3.66. The fourth-order valence-corrected chi connectivity index (χ4v) is 4.91. The first-order valence-electron chi connectivity index (χ1n) is 23.4. The molecule has 0 bridgehead atoms. The summed E-state index contributed by atoms with van der Waals surface area (Å²) in [6.45, 7) is 1.30. The molecule has 0 amide bonds. The topological polar surface area (TPSA) is 13.1 Å². The summed E-state index contributed by atoms with van der Waals surface area (Å²) in [5, 5.41) is -2.77. The number of aryl methyl sites for hydroxylation is 1. The number of rotatable bonds is 3. The second-order valence-corrected chi connectivity index (χ2v) is 8.76. The van der Waals surface area contributed by atoms with E-state index in [0.717, 1.165) is 0 Å². The summed E-state index contributed by atoms with van der Waals surface area (Å²) in [4.78, 5) is 0.